The molecule has 0 fully saturated rings. The molecule has 0 saturated carbocycles. The molecule has 0 amide bonds. The van der Waals surface area contributed by atoms with E-state index >= 15 is 0 Å². The fourth-order valence-corrected chi connectivity index (χ4v) is 1.66. The second kappa shape index (κ2) is 5.52. The van der Waals surface area contributed by atoms with Crippen LogP contribution in [-0.4, -0.2) is 12.9 Å². The number of rotatable bonds is 4. The zero-order chi connectivity index (χ0) is 11.4. The Kier molecular flexibility index (Phi) is 4.61. The van der Waals surface area contributed by atoms with Gasteiger partial charge in [0.1, 0.15) is 5.75 Å². The van der Waals surface area contributed by atoms with Crippen molar-refractivity contribution in [2.45, 2.75) is 34.0 Å². The summed E-state index contributed by atoms with van der Waals surface area (Å²) in [5.74, 6) is 0.856. The lowest BCUT2D eigenvalue weighted by atomic mass is 10.1. The van der Waals surface area contributed by atoms with Gasteiger partial charge in [-0.3, -0.25) is 0 Å². The first-order valence-electron chi connectivity index (χ1n) is 5.09. The molecule has 1 unspecified atom stereocenters. The van der Waals surface area contributed by atoms with Crippen LogP contribution in [0.15, 0.2) is 16.6 Å². The van der Waals surface area contributed by atoms with Crippen LogP contribution in [0.2, 0.25) is 0 Å². The normalized spacial score (nSPS) is 12.6. The molecule has 1 atom stereocenters. The van der Waals surface area contributed by atoms with Crippen LogP contribution in [0.3, 0.4) is 0 Å². The van der Waals surface area contributed by atoms with Gasteiger partial charge in [-0.05, 0) is 51.0 Å². The summed E-state index contributed by atoms with van der Waals surface area (Å²) in [6.07, 6.45) is -0.199. The lowest BCUT2D eigenvalue weighted by Crippen LogP contribution is -2.16. The molecule has 3 heteroatoms. The third-order valence-electron chi connectivity index (χ3n) is 2.11. The Morgan fingerprint density at radius 2 is 1.80 bits per heavy atom. The summed E-state index contributed by atoms with van der Waals surface area (Å²) in [7, 11) is 0. The van der Waals surface area contributed by atoms with Crippen molar-refractivity contribution in [3.05, 3.63) is 27.7 Å². The predicted octanol–water partition coefficient (Wildman–Crippen LogP) is 3.83. The van der Waals surface area contributed by atoms with Crippen LogP contribution in [0.1, 0.15) is 25.0 Å². The van der Waals surface area contributed by atoms with E-state index in [1.807, 2.05) is 26.0 Å². The molecular formula is C12H17BrO2. The van der Waals surface area contributed by atoms with Gasteiger partial charge in [-0.15, -0.1) is 0 Å². The SMILES string of the molecule is CCOC(C)Oc1cc(C)c(Br)c(C)c1. The van der Waals surface area contributed by atoms with Crippen molar-refractivity contribution in [2.75, 3.05) is 6.61 Å². The first kappa shape index (κ1) is 12.5. The smallest absolute Gasteiger partial charge is 0.196 e. The minimum atomic E-state index is -0.199. The number of benzene rings is 1. The van der Waals surface area contributed by atoms with Gasteiger partial charge in [0.2, 0.25) is 0 Å². The van der Waals surface area contributed by atoms with E-state index in [0.29, 0.717) is 6.61 Å². The molecular weight excluding hydrogens is 256 g/mol. The average molecular weight is 273 g/mol. The number of hydrogen-bond acceptors (Lipinski definition) is 2. The zero-order valence-corrected chi connectivity index (χ0v) is 11.2. The van der Waals surface area contributed by atoms with E-state index in [9.17, 15) is 0 Å². The molecule has 0 aliphatic rings. The monoisotopic (exact) mass is 272 g/mol. The number of ether oxygens (including phenoxy) is 2. The summed E-state index contributed by atoms with van der Waals surface area (Å²) in [5, 5.41) is 0. The molecule has 1 rings (SSSR count). The highest BCUT2D eigenvalue weighted by Gasteiger charge is 2.06. The Morgan fingerprint density at radius 3 is 2.27 bits per heavy atom. The van der Waals surface area contributed by atoms with Crippen LogP contribution in [0.5, 0.6) is 5.75 Å². The largest absolute Gasteiger partial charge is 0.465 e. The Balaban J connectivity index is 2.78. The number of aryl methyl sites for hydroxylation is 2. The molecule has 0 bridgehead atoms. The van der Waals surface area contributed by atoms with E-state index < -0.39 is 0 Å². The van der Waals surface area contributed by atoms with Crippen LogP contribution in [0, 0.1) is 13.8 Å². The van der Waals surface area contributed by atoms with Gasteiger partial charge < -0.3 is 9.47 Å². The molecule has 0 spiro atoms. The predicted molar refractivity (Wildman–Crippen MR) is 65.3 cm³/mol. The van der Waals surface area contributed by atoms with Gasteiger partial charge >= 0.3 is 0 Å². The molecule has 2 nitrogen and oxygen atoms in total. The fraction of sp³-hybridized carbons (Fsp3) is 0.500. The van der Waals surface area contributed by atoms with Crippen LogP contribution in [0.4, 0.5) is 0 Å². The summed E-state index contributed by atoms with van der Waals surface area (Å²) in [5.41, 5.74) is 2.35. The van der Waals surface area contributed by atoms with Crippen molar-refractivity contribution >= 4 is 15.9 Å². The highest BCUT2D eigenvalue weighted by atomic mass is 79.9. The van der Waals surface area contributed by atoms with Crippen molar-refractivity contribution in [3.8, 4) is 5.75 Å². The van der Waals surface area contributed by atoms with Gasteiger partial charge in [-0.25, -0.2) is 0 Å². The molecule has 0 heterocycles. The minimum absolute atomic E-state index is 0.199. The third kappa shape index (κ3) is 3.50. The van der Waals surface area contributed by atoms with Gasteiger partial charge in [0.15, 0.2) is 6.29 Å². The lowest BCUT2D eigenvalue weighted by molar-refractivity contribution is -0.0613. The van der Waals surface area contributed by atoms with E-state index in [1.165, 1.54) is 11.1 Å². The van der Waals surface area contributed by atoms with Crippen molar-refractivity contribution in [2.24, 2.45) is 0 Å². The topological polar surface area (TPSA) is 18.5 Å². The summed E-state index contributed by atoms with van der Waals surface area (Å²) in [4.78, 5) is 0. The van der Waals surface area contributed by atoms with Gasteiger partial charge in [0, 0.05) is 11.1 Å². The van der Waals surface area contributed by atoms with Gasteiger partial charge in [-0.1, -0.05) is 15.9 Å². The lowest BCUT2D eigenvalue weighted by Gasteiger charge is -2.15. The molecule has 0 radical (unpaired) electrons. The van der Waals surface area contributed by atoms with Gasteiger partial charge in [0.25, 0.3) is 0 Å². The van der Waals surface area contributed by atoms with Crippen LogP contribution >= 0.6 is 15.9 Å². The van der Waals surface area contributed by atoms with Crippen molar-refractivity contribution in [1.82, 2.24) is 0 Å². The summed E-state index contributed by atoms with van der Waals surface area (Å²) < 4.78 is 12.1. The van der Waals surface area contributed by atoms with E-state index in [4.69, 9.17) is 9.47 Å². The third-order valence-corrected chi connectivity index (χ3v) is 3.36. The molecule has 15 heavy (non-hydrogen) atoms. The number of hydrogen-bond donors (Lipinski definition) is 0. The van der Waals surface area contributed by atoms with Gasteiger partial charge in [-0.2, -0.15) is 0 Å². The summed E-state index contributed by atoms with van der Waals surface area (Å²) >= 11 is 3.52. The van der Waals surface area contributed by atoms with E-state index in [-0.39, 0.29) is 6.29 Å². The fourth-order valence-electron chi connectivity index (χ4n) is 1.43. The van der Waals surface area contributed by atoms with Crippen LogP contribution in [0.25, 0.3) is 0 Å². The van der Waals surface area contributed by atoms with Crippen molar-refractivity contribution in [3.63, 3.8) is 0 Å². The molecule has 1 aromatic carbocycles. The standard InChI is InChI=1S/C12H17BrO2/c1-5-14-10(4)15-11-6-8(2)12(13)9(3)7-11/h6-7,10H,5H2,1-4H3. The summed E-state index contributed by atoms with van der Waals surface area (Å²) in [6, 6.07) is 4.01. The van der Waals surface area contributed by atoms with Crippen molar-refractivity contribution in [1.29, 1.82) is 0 Å². The Bertz CT molecular complexity index is 313. The van der Waals surface area contributed by atoms with E-state index in [0.717, 1.165) is 10.2 Å². The Morgan fingerprint density at radius 1 is 1.27 bits per heavy atom. The van der Waals surface area contributed by atoms with Crippen molar-refractivity contribution < 1.29 is 9.47 Å². The quantitative estimate of drug-likeness (QED) is 0.776. The molecule has 84 valence electrons. The van der Waals surface area contributed by atoms with Crippen LogP contribution < -0.4 is 4.74 Å². The molecule has 0 saturated heterocycles. The zero-order valence-electron chi connectivity index (χ0n) is 9.63. The van der Waals surface area contributed by atoms with E-state index in [2.05, 4.69) is 29.8 Å². The first-order valence-corrected chi connectivity index (χ1v) is 5.89. The first-order chi connectivity index (χ1) is 7.04. The average Bonchev–Trinajstić information content (AvgIpc) is 2.14. The second-order valence-electron chi connectivity index (χ2n) is 3.51. The Labute approximate surface area is 99.7 Å². The maximum absolute atomic E-state index is 5.63. The molecule has 0 aliphatic heterocycles. The van der Waals surface area contributed by atoms with E-state index in [1.54, 1.807) is 0 Å². The molecule has 0 aliphatic carbocycles. The second-order valence-corrected chi connectivity index (χ2v) is 4.30. The highest BCUT2D eigenvalue weighted by molar-refractivity contribution is 9.10. The summed E-state index contributed by atoms with van der Waals surface area (Å²) in [6.45, 7) is 8.62. The molecule has 0 aromatic heterocycles. The highest BCUT2D eigenvalue weighted by Crippen LogP contribution is 2.26. The minimum Gasteiger partial charge on any atom is -0.465 e. The maximum atomic E-state index is 5.63. The Hall–Kier alpha value is -0.540. The maximum Gasteiger partial charge on any atom is 0.196 e. The molecule has 0 N–H and O–H groups in total. The van der Waals surface area contributed by atoms with Crippen LogP contribution in [-0.2, 0) is 4.74 Å². The number of halogens is 1. The van der Waals surface area contributed by atoms with Gasteiger partial charge in [0.05, 0.1) is 0 Å². The molecule has 1 aromatic rings.